The highest BCUT2D eigenvalue weighted by Crippen LogP contribution is 2.32. The van der Waals surface area contributed by atoms with Gasteiger partial charge in [0.05, 0.1) is 12.5 Å². The van der Waals surface area contributed by atoms with Crippen LogP contribution in [0, 0.1) is 0 Å². The number of likely N-dealkylation sites (tertiary alicyclic amines) is 1. The number of amides is 2. The Morgan fingerprint density at radius 1 is 1.35 bits per heavy atom. The standard InChI is InChI=1S/C15H17ClN2O2/c1-9(10-3-2-4-11(16)7-10)17-13-8-14(19)18(15(13)20)12-5-6-12/h2-4,7,9,12-13,17H,5-6,8H2,1H3. The van der Waals surface area contributed by atoms with Gasteiger partial charge in [-0.05, 0) is 37.5 Å². The van der Waals surface area contributed by atoms with Gasteiger partial charge in [-0.3, -0.25) is 19.8 Å². The second kappa shape index (κ2) is 5.19. The van der Waals surface area contributed by atoms with Gasteiger partial charge in [0.15, 0.2) is 0 Å². The van der Waals surface area contributed by atoms with Crippen molar-refractivity contribution in [1.29, 1.82) is 0 Å². The average Bonchev–Trinajstić information content (AvgIpc) is 3.18. The van der Waals surface area contributed by atoms with Crippen molar-refractivity contribution in [2.24, 2.45) is 0 Å². The first kappa shape index (κ1) is 13.6. The Morgan fingerprint density at radius 2 is 2.10 bits per heavy atom. The van der Waals surface area contributed by atoms with Crippen LogP contribution in [0.3, 0.4) is 0 Å². The van der Waals surface area contributed by atoms with Crippen molar-refractivity contribution in [3.05, 3.63) is 34.9 Å². The lowest BCUT2D eigenvalue weighted by Gasteiger charge is -2.19. The van der Waals surface area contributed by atoms with Crippen LogP contribution in [-0.4, -0.2) is 28.8 Å². The van der Waals surface area contributed by atoms with Gasteiger partial charge in [0, 0.05) is 17.1 Å². The lowest BCUT2D eigenvalue weighted by atomic mass is 10.1. The third kappa shape index (κ3) is 2.58. The molecule has 1 aromatic carbocycles. The third-order valence-electron chi connectivity index (χ3n) is 3.89. The molecule has 0 aromatic heterocycles. The maximum absolute atomic E-state index is 12.2. The summed E-state index contributed by atoms with van der Waals surface area (Å²) in [6, 6.07) is 7.27. The van der Waals surface area contributed by atoms with Crippen molar-refractivity contribution in [2.45, 2.75) is 44.3 Å². The molecular weight excluding hydrogens is 276 g/mol. The zero-order valence-corrected chi connectivity index (χ0v) is 12.1. The van der Waals surface area contributed by atoms with E-state index in [0.717, 1.165) is 18.4 Å². The zero-order valence-electron chi connectivity index (χ0n) is 11.3. The summed E-state index contributed by atoms with van der Waals surface area (Å²) in [5, 5.41) is 3.92. The summed E-state index contributed by atoms with van der Waals surface area (Å²) in [5.41, 5.74) is 1.02. The third-order valence-corrected chi connectivity index (χ3v) is 4.13. The SMILES string of the molecule is CC(NC1CC(=O)N(C2CC2)C1=O)c1cccc(Cl)c1. The Hall–Kier alpha value is -1.39. The molecule has 2 amide bonds. The van der Waals surface area contributed by atoms with E-state index in [-0.39, 0.29) is 30.3 Å². The Morgan fingerprint density at radius 3 is 2.75 bits per heavy atom. The molecule has 1 N–H and O–H groups in total. The number of hydrogen-bond donors (Lipinski definition) is 1. The van der Waals surface area contributed by atoms with E-state index in [0.29, 0.717) is 5.02 Å². The van der Waals surface area contributed by atoms with Crippen molar-refractivity contribution < 1.29 is 9.59 Å². The van der Waals surface area contributed by atoms with E-state index in [1.807, 2.05) is 31.2 Å². The van der Waals surface area contributed by atoms with Crippen molar-refractivity contribution >= 4 is 23.4 Å². The number of rotatable bonds is 4. The molecule has 4 nitrogen and oxygen atoms in total. The van der Waals surface area contributed by atoms with Crippen LogP contribution in [0.4, 0.5) is 0 Å². The molecule has 2 aliphatic rings. The molecule has 1 saturated carbocycles. The fraction of sp³-hybridized carbons (Fsp3) is 0.467. The summed E-state index contributed by atoms with van der Waals surface area (Å²) in [7, 11) is 0. The lowest BCUT2D eigenvalue weighted by molar-refractivity contribution is -0.139. The molecule has 1 aromatic rings. The molecule has 0 bridgehead atoms. The van der Waals surface area contributed by atoms with E-state index in [1.54, 1.807) is 0 Å². The number of carbonyl (C=O) groups excluding carboxylic acids is 2. The van der Waals surface area contributed by atoms with E-state index < -0.39 is 6.04 Å². The summed E-state index contributed by atoms with van der Waals surface area (Å²) < 4.78 is 0. The number of nitrogens with one attached hydrogen (secondary N) is 1. The molecule has 1 aliphatic carbocycles. The minimum absolute atomic E-state index is 0.0189. The van der Waals surface area contributed by atoms with Gasteiger partial charge in [0.25, 0.3) is 0 Å². The number of hydrogen-bond acceptors (Lipinski definition) is 3. The summed E-state index contributed by atoms with van der Waals surface area (Å²) in [4.78, 5) is 25.6. The Balaban J connectivity index is 1.69. The minimum atomic E-state index is -0.405. The highest BCUT2D eigenvalue weighted by Gasteiger charge is 2.46. The first-order valence-electron chi connectivity index (χ1n) is 6.93. The number of imide groups is 1. The maximum atomic E-state index is 12.2. The van der Waals surface area contributed by atoms with E-state index >= 15 is 0 Å². The topological polar surface area (TPSA) is 49.4 Å². The Kier molecular flexibility index (Phi) is 3.52. The van der Waals surface area contributed by atoms with Crippen LogP contribution in [0.1, 0.15) is 37.8 Å². The Bertz CT molecular complexity index is 557. The van der Waals surface area contributed by atoms with Gasteiger partial charge in [-0.15, -0.1) is 0 Å². The molecule has 2 unspecified atom stereocenters. The molecule has 0 radical (unpaired) electrons. The average molecular weight is 293 g/mol. The number of nitrogens with zero attached hydrogens (tertiary/aromatic N) is 1. The number of carbonyl (C=O) groups is 2. The second-order valence-electron chi connectivity index (χ2n) is 5.53. The van der Waals surface area contributed by atoms with Crippen molar-refractivity contribution in [3.8, 4) is 0 Å². The van der Waals surface area contributed by atoms with Crippen LogP contribution in [-0.2, 0) is 9.59 Å². The molecular formula is C15H17ClN2O2. The molecule has 3 rings (SSSR count). The fourth-order valence-electron chi connectivity index (χ4n) is 2.67. The maximum Gasteiger partial charge on any atom is 0.247 e. The quantitative estimate of drug-likeness (QED) is 0.866. The fourth-order valence-corrected chi connectivity index (χ4v) is 2.87. The molecule has 1 heterocycles. The molecule has 1 saturated heterocycles. The van der Waals surface area contributed by atoms with Gasteiger partial charge < -0.3 is 0 Å². The molecule has 106 valence electrons. The molecule has 0 spiro atoms. The van der Waals surface area contributed by atoms with Gasteiger partial charge in [-0.1, -0.05) is 23.7 Å². The molecule has 1 aliphatic heterocycles. The van der Waals surface area contributed by atoms with E-state index in [4.69, 9.17) is 11.6 Å². The van der Waals surface area contributed by atoms with Crippen LogP contribution in [0.15, 0.2) is 24.3 Å². The second-order valence-corrected chi connectivity index (χ2v) is 5.97. The number of halogens is 1. The zero-order chi connectivity index (χ0) is 14.3. The predicted molar refractivity (Wildman–Crippen MR) is 76.3 cm³/mol. The van der Waals surface area contributed by atoms with Crippen LogP contribution >= 0.6 is 11.6 Å². The highest BCUT2D eigenvalue weighted by molar-refractivity contribution is 6.30. The number of benzene rings is 1. The smallest absolute Gasteiger partial charge is 0.247 e. The summed E-state index contributed by atoms with van der Waals surface area (Å²) in [6.45, 7) is 1.98. The van der Waals surface area contributed by atoms with E-state index in [1.165, 1.54) is 4.90 Å². The highest BCUT2D eigenvalue weighted by atomic mass is 35.5. The van der Waals surface area contributed by atoms with E-state index in [2.05, 4.69) is 5.32 Å². The lowest BCUT2D eigenvalue weighted by Crippen LogP contribution is -2.40. The Labute approximate surface area is 123 Å². The largest absolute Gasteiger partial charge is 0.299 e. The molecule has 2 fully saturated rings. The first-order chi connectivity index (χ1) is 9.56. The normalized spacial score (nSPS) is 24.3. The van der Waals surface area contributed by atoms with Crippen molar-refractivity contribution in [3.63, 3.8) is 0 Å². The monoisotopic (exact) mass is 292 g/mol. The summed E-state index contributed by atoms with van der Waals surface area (Å²) in [6.07, 6.45) is 2.17. The predicted octanol–water partition coefficient (Wildman–Crippen LogP) is 2.28. The van der Waals surface area contributed by atoms with Crippen molar-refractivity contribution in [2.75, 3.05) is 0 Å². The summed E-state index contributed by atoms with van der Waals surface area (Å²) >= 11 is 5.97. The molecule has 5 heteroatoms. The molecule has 20 heavy (non-hydrogen) atoms. The van der Waals surface area contributed by atoms with Crippen molar-refractivity contribution in [1.82, 2.24) is 10.2 Å². The van der Waals surface area contributed by atoms with Gasteiger partial charge in [0.2, 0.25) is 11.8 Å². The summed E-state index contributed by atoms with van der Waals surface area (Å²) in [5.74, 6) is -0.125. The molecule has 2 atom stereocenters. The van der Waals surface area contributed by atoms with Gasteiger partial charge in [-0.2, -0.15) is 0 Å². The van der Waals surface area contributed by atoms with Crippen LogP contribution in [0.2, 0.25) is 5.02 Å². The van der Waals surface area contributed by atoms with Crippen LogP contribution in [0.5, 0.6) is 0 Å². The van der Waals surface area contributed by atoms with Gasteiger partial charge in [0.1, 0.15) is 0 Å². The van der Waals surface area contributed by atoms with E-state index in [9.17, 15) is 9.59 Å². The minimum Gasteiger partial charge on any atom is -0.299 e. The van der Waals surface area contributed by atoms with Gasteiger partial charge in [-0.25, -0.2) is 0 Å². The van der Waals surface area contributed by atoms with Gasteiger partial charge >= 0.3 is 0 Å². The first-order valence-corrected chi connectivity index (χ1v) is 7.31. The van der Waals surface area contributed by atoms with Crippen LogP contribution < -0.4 is 5.32 Å². The van der Waals surface area contributed by atoms with Crippen LogP contribution in [0.25, 0.3) is 0 Å².